The van der Waals surface area contributed by atoms with Crippen LogP contribution in [-0.4, -0.2) is 53.7 Å². The SMILES string of the molecule is COCC1(CNC(=O)C(C)NS(=O)(=O)c2ccccc2F)CCNCC1. The van der Waals surface area contributed by atoms with Crippen molar-refractivity contribution in [1.29, 1.82) is 0 Å². The molecule has 1 amide bonds. The van der Waals surface area contributed by atoms with Crippen LogP contribution in [-0.2, 0) is 19.6 Å². The van der Waals surface area contributed by atoms with Gasteiger partial charge in [0.1, 0.15) is 10.7 Å². The van der Waals surface area contributed by atoms with E-state index >= 15 is 0 Å². The molecule has 146 valence electrons. The highest BCUT2D eigenvalue weighted by Crippen LogP contribution is 2.28. The first-order chi connectivity index (χ1) is 12.3. The van der Waals surface area contributed by atoms with Gasteiger partial charge in [-0.25, -0.2) is 12.8 Å². The van der Waals surface area contributed by atoms with Crippen molar-refractivity contribution < 1.29 is 22.3 Å². The number of benzene rings is 1. The second-order valence-electron chi connectivity index (χ2n) is 6.67. The minimum atomic E-state index is -4.12. The van der Waals surface area contributed by atoms with E-state index in [1.807, 2.05) is 0 Å². The fourth-order valence-electron chi connectivity index (χ4n) is 3.08. The van der Waals surface area contributed by atoms with E-state index in [1.165, 1.54) is 19.1 Å². The van der Waals surface area contributed by atoms with Crippen LogP contribution < -0.4 is 15.4 Å². The van der Waals surface area contributed by atoms with E-state index < -0.39 is 32.7 Å². The lowest BCUT2D eigenvalue weighted by Crippen LogP contribution is -2.51. The van der Waals surface area contributed by atoms with Gasteiger partial charge in [0.25, 0.3) is 0 Å². The van der Waals surface area contributed by atoms with Crippen molar-refractivity contribution in [1.82, 2.24) is 15.4 Å². The quantitative estimate of drug-likeness (QED) is 0.608. The van der Waals surface area contributed by atoms with Gasteiger partial charge >= 0.3 is 0 Å². The summed E-state index contributed by atoms with van der Waals surface area (Å²) in [7, 11) is -2.50. The summed E-state index contributed by atoms with van der Waals surface area (Å²) in [6.07, 6.45) is 1.72. The second kappa shape index (κ2) is 8.90. The molecule has 3 N–H and O–H groups in total. The predicted octanol–water partition coefficient (Wildman–Crippen LogP) is 0.625. The fourth-order valence-corrected chi connectivity index (χ4v) is 4.36. The average molecular weight is 387 g/mol. The van der Waals surface area contributed by atoms with Gasteiger partial charge in [-0.2, -0.15) is 4.72 Å². The van der Waals surface area contributed by atoms with Gasteiger partial charge in [0.05, 0.1) is 12.6 Å². The van der Waals surface area contributed by atoms with E-state index in [4.69, 9.17) is 4.74 Å². The smallest absolute Gasteiger partial charge is 0.244 e. The van der Waals surface area contributed by atoms with Crippen LogP contribution in [0.15, 0.2) is 29.2 Å². The molecule has 0 saturated carbocycles. The summed E-state index contributed by atoms with van der Waals surface area (Å²) in [5, 5.41) is 6.07. The largest absolute Gasteiger partial charge is 0.384 e. The molecule has 1 aromatic rings. The van der Waals surface area contributed by atoms with Crippen molar-refractivity contribution >= 4 is 15.9 Å². The standard InChI is InChI=1S/C17H26FN3O4S/c1-13(21-26(23,24)15-6-4-3-5-14(15)18)16(22)20-11-17(12-25-2)7-9-19-10-8-17/h3-6,13,19,21H,7-12H2,1-2H3,(H,20,22). The van der Waals surface area contributed by atoms with Crippen LogP contribution in [0.5, 0.6) is 0 Å². The molecule has 1 aromatic carbocycles. The zero-order valence-corrected chi connectivity index (χ0v) is 15.9. The van der Waals surface area contributed by atoms with Gasteiger partial charge in [0.15, 0.2) is 0 Å². The first-order valence-electron chi connectivity index (χ1n) is 8.54. The number of carbonyl (C=O) groups excluding carboxylic acids is 1. The minimum Gasteiger partial charge on any atom is -0.384 e. The van der Waals surface area contributed by atoms with E-state index in [0.29, 0.717) is 13.2 Å². The second-order valence-corrected chi connectivity index (χ2v) is 8.36. The van der Waals surface area contributed by atoms with Crippen molar-refractivity contribution in [2.24, 2.45) is 5.41 Å². The van der Waals surface area contributed by atoms with Crippen LogP contribution in [0.4, 0.5) is 4.39 Å². The van der Waals surface area contributed by atoms with Gasteiger partial charge in [-0.15, -0.1) is 0 Å². The van der Waals surface area contributed by atoms with Crippen LogP contribution in [0.3, 0.4) is 0 Å². The number of halogens is 1. The molecule has 0 aromatic heterocycles. The third-order valence-corrected chi connectivity index (χ3v) is 6.18. The van der Waals surface area contributed by atoms with Crippen LogP contribution in [0.1, 0.15) is 19.8 Å². The summed E-state index contributed by atoms with van der Waals surface area (Å²) in [4.78, 5) is 11.9. The predicted molar refractivity (Wildman–Crippen MR) is 95.6 cm³/mol. The zero-order valence-electron chi connectivity index (χ0n) is 15.0. The molecule has 0 radical (unpaired) electrons. The number of nitrogens with one attached hydrogen (secondary N) is 3. The number of sulfonamides is 1. The van der Waals surface area contributed by atoms with Gasteiger partial charge < -0.3 is 15.4 Å². The molecule has 1 fully saturated rings. The van der Waals surface area contributed by atoms with Crippen molar-refractivity contribution in [3.8, 4) is 0 Å². The fraction of sp³-hybridized carbons (Fsp3) is 0.588. The Morgan fingerprint density at radius 1 is 1.35 bits per heavy atom. The highest BCUT2D eigenvalue weighted by Gasteiger charge is 2.33. The van der Waals surface area contributed by atoms with Gasteiger partial charge in [-0.3, -0.25) is 4.79 Å². The maximum Gasteiger partial charge on any atom is 0.244 e. The summed E-state index contributed by atoms with van der Waals surface area (Å²) < 4.78 is 45.8. The molecule has 1 unspecified atom stereocenters. The lowest BCUT2D eigenvalue weighted by molar-refractivity contribution is -0.123. The lowest BCUT2D eigenvalue weighted by Gasteiger charge is -2.37. The number of hydrogen-bond acceptors (Lipinski definition) is 5. The summed E-state index contributed by atoms with van der Waals surface area (Å²) >= 11 is 0. The molecular formula is C17H26FN3O4S. The number of methoxy groups -OCH3 is 1. The molecule has 1 atom stereocenters. The van der Waals surface area contributed by atoms with Gasteiger partial charge in [0.2, 0.25) is 15.9 Å². The maximum absolute atomic E-state index is 13.7. The highest BCUT2D eigenvalue weighted by atomic mass is 32.2. The zero-order chi connectivity index (χ0) is 19.2. The summed E-state index contributed by atoms with van der Waals surface area (Å²) in [5.74, 6) is -1.32. The van der Waals surface area contributed by atoms with Crippen molar-refractivity contribution in [2.45, 2.75) is 30.7 Å². The third-order valence-electron chi connectivity index (χ3n) is 4.60. The van der Waals surface area contributed by atoms with Crippen molar-refractivity contribution in [3.63, 3.8) is 0 Å². The minimum absolute atomic E-state index is 0.167. The molecule has 0 aliphatic carbocycles. The third kappa shape index (κ3) is 5.23. The number of piperidine rings is 1. The molecule has 7 nitrogen and oxygen atoms in total. The van der Waals surface area contributed by atoms with Crippen LogP contribution in [0.2, 0.25) is 0 Å². The topological polar surface area (TPSA) is 96.5 Å². The van der Waals surface area contributed by atoms with Gasteiger partial charge in [-0.05, 0) is 45.0 Å². The Morgan fingerprint density at radius 3 is 2.62 bits per heavy atom. The van der Waals surface area contributed by atoms with Crippen LogP contribution in [0.25, 0.3) is 0 Å². The number of rotatable bonds is 8. The van der Waals surface area contributed by atoms with Crippen LogP contribution in [0, 0.1) is 11.2 Å². The summed E-state index contributed by atoms with van der Waals surface area (Å²) in [5.41, 5.74) is -0.167. The molecule has 1 aliphatic rings. The first kappa shape index (κ1) is 20.8. The molecule has 2 rings (SSSR count). The first-order valence-corrected chi connectivity index (χ1v) is 10.0. The molecule has 9 heteroatoms. The molecule has 0 bridgehead atoms. The summed E-state index contributed by atoms with van der Waals surface area (Å²) in [6, 6.07) is 4.02. The lowest BCUT2D eigenvalue weighted by atomic mass is 9.79. The Hall–Kier alpha value is -1.55. The Morgan fingerprint density at radius 2 is 2.00 bits per heavy atom. The Labute approximate surface area is 153 Å². The van der Waals surface area contributed by atoms with E-state index in [2.05, 4.69) is 15.4 Å². The maximum atomic E-state index is 13.7. The normalized spacial score (nSPS) is 18.3. The van der Waals surface area contributed by atoms with Crippen LogP contribution >= 0.6 is 0 Å². The van der Waals surface area contributed by atoms with E-state index in [9.17, 15) is 17.6 Å². The van der Waals surface area contributed by atoms with Crippen molar-refractivity contribution in [3.05, 3.63) is 30.1 Å². The Bertz CT molecular complexity index is 715. The average Bonchev–Trinajstić information content (AvgIpc) is 2.60. The van der Waals surface area contributed by atoms with Gasteiger partial charge in [0, 0.05) is 19.1 Å². The molecule has 26 heavy (non-hydrogen) atoms. The molecule has 1 heterocycles. The monoisotopic (exact) mass is 387 g/mol. The number of hydrogen-bond donors (Lipinski definition) is 3. The molecule has 0 spiro atoms. The highest BCUT2D eigenvalue weighted by molar-refractivity contribution is 7.89. The van der Waals surface area contributed by atoms with E-state index in [1.54, 1.807) is 7.11 Å². The number of amides is 1. The van der Waals surface area contributed by atoms with E-state index in [0.717, 1.165) is 38.1 Å². The Kier molecular flexibility index (Phi) is 7.10. The Balaban J connectivity index is 1.97. The van der Waals surface area contributed by atoms with Gasteiger partial charge in [-0.1, -0.05) is 12.1 Å². The summed E-state index contributed by atoms with van der Waals surface area (Å²) in [6.45, 7) is 4.03. The molecule has 1 saturated heterocycles. The van der Waals surface area contributed by atoms with Crippen molar-refractivity contribution in [2.75, 3.05) is 33.4 Å². The van der Waals surface area contributed by atoms with E-state index in [-0.39, 0.29) is 5.41 Å². The number of ether oxygens (including phenoxy) is 1. The molecule has 1 aliphatic heterocycles. The molecular weight excluding hydrogens is 361 g/mol. The number of carbonyl (C=O) groups is 1.